The minimum Gasteiger partial charge on any atom is -0.493 e. The van der Waals surface area contributed by atoms with E-state index in [2.05, 4.69) is 0 Å². The number of hydrogen-bond acceptors (Lipinski definition) is 2. The van der Waals surface area contributed by atoms with Gasteiger partial charge in [0.2, 0.25) is 0 Å². The summed E-state index contributed by atoms with van der Waals surface area (Å²) in [6.07, 6.45) is 5.44. The van der Waals surface area contributed by atoms with E-state index < -0.39 is 11.4 Å². The summed E-state index contributed by atoms with van der Waals surface area (Å²) in [5, 5.41) is 9.37. The molecule has 0 aromatic heterocycles. The van der Waals surface area contributed by atoms with Gasteiger partial charge in [-0.05, 0) is 50.7 Å². The van der Waals surface area contributed by atoms with Gasteiger partial charge >= 0.3 is 5.97 Å². The molecule has 102 valence electrons. The Bertz CT molecular complexity index is 442. The number of benzene rings is 1. The van der Waals surface area contributed by atoms with Crippen LogP contribution in [0.2, 0.25) is 0 Å². The van der Waals surface area contributed by atoms with Crippen molar-refractivity contribution >= 4 is 5.97 Å². The van der Waals surface area contributed by atoms with Crippen molar-refractivity contribution in [2.24, 2.45) is 10.8 Å². The minimum absolute atomic E-state index is 0.215. The molecule has 0 heterocycles. The fraction of sp³-hybridized carbons (Fsp3) is 0.562. The summed E-state index contributed by atoms with van der Waals surface area (Å²) in [5.41, 5.74) is -0.207. The normalized spacial score (nSPS) is 33.1. The van der Waals surface area contributed by atoms with Crippen LogP contribution in [0.1, 0.15) is 38.5 Å². The van der Waals surface area contributed by atoms with E-state index >= 15 is 0 Å². The third kappa shape index (κ3) is 2.22. The van der Waals surface area contributed by atoms with Gasteiger partial charge in [-0.1, -0.05) is 18.2 Å². The van der Waals surface area contributed by atoms with Gasteiger partial charge in [-0.3, -0.25) is 4.79 Å². The predicted molar refractivity (Wildman–Crippen MR) is 72.1 cm³/mol. The van der Waals surface area contributed by atoms with E-state index in [1.54, 1.807) is 0 Å². The van der Waals surface area contributed by atoms with Crippen LogP contribution >= 0.6 is 0 Å². The molecule has 0 spiro atoms. The molecule has 3 heteroatoms. The maximum absolute atomic E-state index is 11.4. The van der Waals surface area contributed by atoms with Gasteiger partial charge < -0.3 is 9.84 Å². The van der Waals surface area contributed by atoms with Crippen LogP contribution in [-0.2, 0) is 4.79 Å². The van der Waals surface area contributed by atoms with Gasteiger partial charge in [0.25, 0.3) is 0 Å². The van der Waals surface area contributed by atoms with Crippen molar-refractivity contribution in [2.45, 2.75) is 38.5 Å². The van der Waals surface area contributed by atoms with Crippen LogP contribution < -0.4 is 4.74 Å². The van der Waals surface area contributed by atoms with Crippen LogP contribution in [0, 0.1) is 10.8 Å². The molecule has 0 aliphatic heterocycles. The highest BCUT2D eigenvalue weighted by atomic mass is 16.5. The molecular weight excluding hydrogens is 240 g/mol. The number of rotatable bonds is 4. The van der Waals surface area contributed by atoms with Crippen molar-refractivity contribution in [1.82, 2.24) is 0 Å². The van der Waals surface area contributed by atoms with E-state index in [1.165, 1.54) is 0 Å². The first-order chi connectivity index (χ1) is 9.14. The Labute approximate surface area is 113 Å². The zero-order valence-corrected chi connectivity index (χ0v) is 11.1. The molecule has 0 saturated heterocycles. The van der Waals surface area contributed by atoms with Crippen molar-refractivity contribution in [3.63, 3.8) is 0 Å². The Morgan fingerprint density at radius 1 is 1.05 bits per heavy atom. The van der Waals surface area contributed by atoms with Gasteiger partial charge in [-0.2, -0.15) is 0 Å². The van der Waals surface area contributed by atoms with Gasteiger partial charge in [0, 0.05) is 5.41 Å². The predicted octanol–water partition coefficient (Wildman–Crippen LogP) is 3.49. The van der Waals surface area contributed by atoms with Crippen LogP contribution in [0.5, 0.6) is 5.75 Å². The summed E-state index contributed by atoms with van der Waals surface area (Å²) in [4.78, 5) is 11.4. The number of fused-ring (bicyclic) bond motifs is 3. The van der Waals surface area contributed by atoms with Gasteiger partial charge in [0.1, 0.15) is 5.75 Å². The van der Waals surface area contributed by atoms with Crippen molar-refractivity contribution in [3.8, 4) is 5.75 Å². The van der Waals surface area contributed by atoms with E-state index in [4.69, 9.17) is 4.74 Å². The third-order valence-corrected chi connectivity index (χ3v) is 5.14. The first-order valence-corrected chi connectivity index (χ1v) is 7.06. The Morgan fingerprint density at radius 2 is 1.63 bits per heavy atom. The molecule has 3 fully saturated rings. The molecule has 1 N–H and O–H groups in total. The van der Waals surface area contributed by atoms with E-state index in [0.29, 0.717) is 0 Å². The monoisotopic (exact) mass is 260 g/mol. The molecule has 0 unspecified atom stereocenters. The van der Waals surface area contributed by atoms with Crippen LogP contribution in [0.25, 0.3) is 0 Å². The number of carboxylic acid groups (broad SMARTS) is 1. The standard InChI is InChI=1S/C16H20O3/c17-14(18)16-9-6-15(7-10-16,8-11-16)12-19-13-4-2-1-3-5-13/h1-5H,6-12H2,(H,17,18). The highest BCUT2D eigenvalue weighted by Crippen LogP contribution is 2.56. The van der Waals surface area contributed by atoms with E-state index in [-0.39, 0.29) is 5.41 Å². The molecule has 3 aliphatic rings. The maximum Gasteiger partial charge on any atom is 0.309 e. The maximum atomic E-state index is 11.4. The fourth-order valence-corrected chi connectivity index (χ4v) is 3.55. The fourth-order valence-electron chi connectivity index (χ4n) is 3.55. The largest absolute Gasteiger partial charge is 0.493 e. The lowest BCUT2D eigenvalue weighted by Crippen LogP contribution is -2.48. The topological polar surface area (TPSA) is 46.5 Å². The van der Waals surface area contributed by atoms with Crippen LogP contribution in [0.3, 0.4) is 0 Å². The van der Waals surface area contributed by atoms with Crippen LogP contribution in [0.15, 0.2) is 30.3 Å². The number of carboxylic acids is 1. The lowest BCUT2D eigenvalue weighted by molar-refractivity contribution is -0.160. The molecule has 3 nitrogen and oxygen atoms in total. The van der Waals surface area contributed by atoms with E-state index in [9.17, 15) is 9.90 Å². The smallest absolute Gasteiger partial charge is 0.309 e. The van der Waals surface area contributed by atoms with E-state index in [1.807, 2.05) is 30.3 Å². The summed E-state index contributed by atoms with van der Waals surface area (Å²) in [6, 6.07) is 9.88. The number of aliphatic carboxylic acids is 1. The summed E-state index contributed by atoms with van der Waals surface area (Å²) in [5.74, 6) is 0.322. The lowest BCUT2D eigenvalue weighted by Gasteiger charge is -2.51. The van der Waals surface area contributed by atoms with Gasteiger partial charge in [0.15, 0.2) is 0 Å². The molecule has 1 aromatic carbocycles. The second-order valence-corrected chi connectivity index (χ2v) is 6.19. The Hall–Kier alpha value is -1.51. The Balaban J connectivity index is 1.63. The first-order valence-electron chi connectivity index (χ1n) is 7.06. The van der Waals surface area contributed by atoms with Crippen LogP contribution in [-0.4, -0.2) is 17.7 Å². The second-order valence-electron chi connectivity index (χ2n) is 6.19. The molecule has 3 aliphatic carbocycles. The van der Waals surface area contributed by atoms with E-state index in [0.717, 1.165) is 50.9 Å². The quantitative estimate of drug-likeness (QED) is 0.901. The third-order valence-electron chi connectivity index (χ3n) is 5.14. The minimum atomic E-state index is -0.593. The highest BCUT2D eigenvalue weighted by Gasteiger charge is 2.52. The van der Waals surface area contributed by atoms with Gasteiger partial charge in [-0.15, -0.1) is 0 Å². The summed E-state index contributed by atoms with van der Waals surface area (Å²) in [7, 11) is 0. The van der Waals surface area contributed by atoms with Crippen LogP contribution in [0.4, 0.5) is 0 Å². The molecule has 0 radical (unpaired) electrons. The lowest BCUT2D eigenvalue weighted by atomic mass is 9.54. The molecular formula is C16H20O3. The zero-order chi connectivity index (χ0) is 13.3. The second kappa shape index (κ2) is 4.55. The van der Waals surface area contributed by atoms with Crippen molar-refractivity contribution in [3.05, 3.63) is 30.3 Å². The van der Waals surface area contributed by atoms with Crippen molar-refractivity contribution in [1.29, 1.82) is 0 Å². The first kappa shape index (κ1) is 12.5. The summed E-state index contributed by atoms with van der Waals surface area (Å²) in [6.45, 7) is 0.729. The van der Waals surface area contributed by atoms with Crippen molar-refractivity contribution < 1.29 is 14.6 Å². The molecule has 0 amide bonds. The zero-order valence-electron chi connectivity index (χ0n) is 11.1. The summed E-state index contributed by atoms with van der Waals surface area (Å²) < 4.78 is 5.91. The number of para-hydroxylation sites is 1. The molecule has 2 bridgehead atoms. The van der Waals surface area contributed by atoms with Gasteiger partial charge in [0.05, 0.1) is 12.0 Å². The van der Waals surface area contributed by atoms with Gasteiger partial charge in [-0.25, -0.2) is 0 Å². The number of hydrogen-bond donors (Lipinski definition) is 1. The number of ether oxygens (including phenoxy) is 1. The average Bonchev–Trinajstić information content (AvgIpc) is 2.48. The molecule has 1 aromatic rings. The highest BCUT2D eigenvalue weighted by molar-refractivity contribution is 5.75. The molecule has 0 atom stereocenters. The average molecular weight is 260 g/mol. The molecule has 3 saturated carbocycles. The molecule has 4 rings (SSSR count). The Morgan fingerprint density at radius 3 is 2.16 bits per heavy atom. The summed E-state index contributed by atoms with van der Waals surface area (Å²) >= 11 is 0. The van der Waals surface area contributed by atoms with Crippen molar-refractivity contribution in [2.75, 3.05) is 6.61 Å². The Kier molecular flexibility index (Phi) is 3.00. The SMILES string of the molecule is O=C(O)C12CCC(COc3ccccc3)(CC1)CC2. The molecule has 19 heavy (non-hydrogen) atoms. The number of carbonyl (C=O) groups is 1.